The van der Waals surface area contributed by atoms with Crippen LogP contribution in [-0.2, 0) is 4.79 Å². The molecule has 2 bridgehead atoms. The van der Waals surface area contributed by atoms with Crippen molar-refractivity contribution in [2.75, 3.05) is 11.9 Å². The number of anilines is 1. The van der Waals surface area contributed by atoms with Crippen LogP contribution in [0.15, 0.2) is 30.3 Å². The van der Waals surface area contributed by atoms with Gasteiger partial charge in [-0.25, -0.2) is 4.98 Å². The van der Waals surface area contributed by atoms with E-state index in [2.05, 4.69) is 15.6 Å². The van der Waals surface area contributed by atoms with Crippen molar-refractivity contribution >= 4 is 29.2 Å². The number of nitrogens with one attached hydrogen (secondary N) is 2. The fourth-order valence-electron chi connectivity index (χ4n) is 5.42. The van der Waals surface area contributed by atoms with Gasteiger partial charge in [0.05, 0.1) is 10.6 Å². The standard InChI is InChI=1S/C25H30ClN3O2.CH4/c1-16-20(8-10-23(28-16)29-17(2)30)19-7-9-22(26)21(13-19)24(31)27-15-25-11-3-5-18(14-25)6-4-12-25;/h7-10,13,18H,3-6,11-12,14-15H2,1-2H3,(H,27,31)(H,28,29,30);1H4. The predicted molar refractivity (Wildman–Crippen MR) is 131 cm³/mol. The molecule has 0 radical (unpaired) electrons. The molecule has 1 heterocycles. The maximum absolute atomic E-state index is 13.1. The first-order valence-corrected chi connectivity index (χ1v) is 11.6. The summed E-state index contributed by atoms with van der Waals surface area (Å²) in [5, 5.41) is 6.33. The minimum atomic E-state index is -0.160. The van der Waals surface area contributed by atoms with E-state index in [0.29, 0.717) is 16.4 Å². The Labute approximate surface area is 196 Å². The number of carbonyl (C=O) groups excluding carboxylic acids is 2. The van der Waals surface area contributed by atoms with Crippen LogP contribution >= 0.6 is 11.6 Å². The van der Waals surface area contributed by atoms with E-state index < -0.39 is 0 Å². The summed E-state index contributed by atoms with van der Waals surface area (Å²) in [5.74, 6) is 1.07. The minimum absolute atomic E-state index is 0. The first-order chi connectivity index (χ1) is 14.8. The molecule has 0 aliphatic heterocycles. The number of carbonyl (C=O) groups is 2. The molecule has 0 atom stereocenters. The van der Waals surface area contributed by atoms with Crippen LogP contribution in [0.4, 0.5) is 5.82 Å². The van der Waals surface area contributed by atoms with Gasteiger partial charge < -0.3 is 10.6 Å². The predicted octanol–water partition coefficient (Wildman–Crippen LogP) is 6.40. The lowest BCUT2D eigenvalue weighted by Crippen LogP contribution is -2.43. The van der Waals surface area contributed by atoms with Crippen LogP contribution in [0.5, 0.6) is 0 Å². The first-order valence-electron chi connectivity index (χ1n) is 11.2. The zero-order valence-corrected chi connectivity index (χ0v) is 19.0. The molecule has 6 heteroatoms. The molecule has 5 nitrogen and oxygen atoms in total. The number of halogens is 1. The van der Waals surface area contributed by atoms with Crippen LogP contribution in [-0.4, -0.2) is 23.3 Å². The highest BCUT2D eigenvalue weighted by Gasteiger charge is 2.39. The van der Waals surface area contributed by atoms with Crippen LogP contribution in [0.3, 0.4) is 0 Å². The highest BCUT2D eigenvalue weighted by atomic mass is 35.5. The van der Waals surface area contributed by atoms with Gasteiger partial charge in [0.15, 0.2) is 0 Å². The van der Waals surface area contributed by atoms with Crippen LogP contribution < -0.4 is 10.6 Å². The number of pyridine rings is 1. The molecule has 2 saturated carbocycles. The number of hydrogen-bond acceptors (Lipinski definition) is 3. The molecular formula is C26H34ClN3O2. The average molecular weight is 456 g/mol. The lowest BCUT2D eigenvalue weighted by atomic mass is 9.62. The smallest absolute Gasteiger partial charge is 0.252 e. The molecule has 172 valence electrons. The Balaban J connectivity index is 0.00000289. The molecule has 0 saturated heterocycles. The summed E-state index contributed by atoms with van der Waals surface area (Å²) in [7, 11) is 0. The zero-order chi connectivity index (χ0) is 22.0. The summed E-state index contributed by atoms with van der Waals surface area (Å²) in [5.41, 5.74) is 3.31. The Morgan fingerprint density at radius 1 is 1.16 bits per heavy atom. The minimum Gasteiger partial charge on any atom is -0.351 e. The van der Waals surface area contributed by atoms with Gasteiger partial charge in [0.25, 0.3) is 5.91 Å². The summed E-state index contributed by atoms with van der Waals surface area (Å²) in [6.45, 7) is 4.07. The molecule has 4 rings (SSSR count). The third-order valence-corrected chi connectivity index (χ3v) is 7.23. The Morgan fingerprint density at radius 3 is 2.53 bits per heavy atom. The Morgan fingerprint density at radius 2 is 1.88 bits per heavy atom. The molecule has 2 aliphatic rings. The quantitative estimate of drug-likeness (QED) is 0.548. The number of nitrogens with zero attached hydrogens (tertiary/aromatic N) is 1. The second kappa shape index (κ2) is 10.0. The van der Waals surface area contributed by atoms with E-state index in [1.165, 1.54) is 51.9 Å². The molecule has 2 N–H and O–H groups in total. The number of aromatic nitrogens is 1. The third kappa shape index (κ3) is 5.32. The fourth-order valence-corrected chi connectivity index (χ4v) is 5.62. The number of fused-ring (bicyclic) bond motifs is 2. The van der Waals surface area contributed by atoms with Crippen LogP contribution in [0.2, 0.25) is 5.02 Å². The van der Waals surface area contributed by atoms with Crippen molar-refractivity contribution < 1.29 is 9.59 Å². The van der Waals surface area contributed by atoms with Crippen molar-refractivity contribution in [3.8, 4) is 11.1 Å². The van der Waals surface area contributed by atoms with E-state index in [1.54, 1.807) is 12.1 Å². The monoisotopic (exact) mass is 455 g/mol. The van der Waals surface area contributed by atoms with Gasteiger partial charge in [-0.1, -0.05) is 50.8 Å². The van der Waals surface area contributed by atoms with E-state index in [-0.39, 0.29) is 24.7 Å². The summed E-state index contributed by atoms with van der Waals surface area (Å²) in [6, 6.07) is 9.17. The first kappa shape index (κ1) is 24.2. The third-order valence-electron chi connectivity index (χ3n) is 6.90. The molecule has 2 fully saturated rings. The number of amides is 2. The molecule has 0 unspecified atom stereocenters. The molecular weight excluding hydrogens is 422 g/mol. The molecule has 0 spiro atoms. The van der Waals surface area contributed by atoms with E-state index in [1.807, 2.05) is 25.1 Å². The molecule has 1 aromatic carbocycles. The van der Waals surface area contributed by atoms with Crippen molar-refractivity contribution in [3.63, 3.8) is 0 Å². The van der Waals surface area contributed by atoms with Crippen LogP contribution in [0.25, 0.3) is 11.1 Å². The van der Waals surface area contributed by atoms with E-state index in [0.717, 1.165) is 29.3 Å². The Kier molecular flexibility index (Phi) is 7.60. The van der Waals surface area contributed by atoms with Gasteiger partial charge in [-0.2, -0.15) is 0 Å². The highest BCUT2D eigenvalue weighted by molar-refractivity contribution is 6.34. The summed E-state index contributed by atoms with van der Waals surface area (Å²) in [4.78, 5) is 28.8. The lowest BCUT2D eigenvalue weighted by molar-refractivity contribution is -0.114. The zero-order valence-electron chi connectivity index (χ0n) is 18.3. The molecule has 2 aliphatic carbocycles. The van der Waals surface area contributed by atoms with E-state index in [9.17, 15) is 9.59 Å². The molecule has 1 aromatic heterocycles. The van der Waals surface area contributed by atoms with Crippen molar-refractivity contribution in [1.82, 2.24) is 10.3 Å². The van der Waals surface area contributed by atoms with E-state index >= 15 is 0 Å². The van der Waals surface area contributed by atoms with Crippen molar-refractivity contribution in [2.45, 2.75) is 66.2 Å². The second-order valence-corrected chi connectivity index (χ2v) is 9.65. The van der Waals surface area contributed by atoms with Gasteiger partial charge in [-0.3, -0.25) is 9.59 Å². The molecule has 2 amide bonds. The Hall–Kier alpha value is -2.40. The number of aryl methyl sites for hydroxylation is 1. The molecule has 32 heavy (non-hydrogen) atoms. The van der Waals surface area contributed by atoms with Crippen LogP contribution in [0, 0.1) is 18.3 Å². The van der Waals surface area contributed by atoms with Crippen molar-refractivity contribution in [2.24, 2.45) is 11.3 Å². The van der Waals surface area contributed by atoms with Crippen molar-refractivity contribution in [1.29, 1.82) is 0 Å². The van der Waals surface area contributed by atoms with E-state index in [4.69, 9.17) is 11.6 Å². The average Bonchev–Trinajstić information content (AvgIpc) is 2.72. The summed E-state index contributed by atoms with van der Waals surface area (Å²) in [6.07, 6.45) is 8.91. The lowest BCUT2D eigenvalue weighted by Gasteiger charge is -2.45. The normalized spacial score (nSPS) is 21.9. The maximum Gasteiger partial charge on any atom is 0.252 e. The Bertz CT molecular complexity index is 995. The summed E-state index contributed by atoms with van der Waals surface area (Å²) < 4.78 is 0. The van der Waals surface area contributed by atoms with Crippen LogP contribution in [0.1, 0.15) is 75.3 Å². The van der Waals surface area contributed by atoms with Gasteiger partial charge in [-0.15, -0.1) is 0 Å². The molecule has 2 aromatic rings. The van der Waals surface area contributed by atoms with Gasteiger partial charge in [0.2, 0.25) is 5.91 Å². The second-order valence-electron chi connectivity index (χ2n) is 9.24. The van der Waals surface area contributed by atoms with Gasteiger partial charge in [0.1, 0.15) is 5.82 Å². The fraction of sp³-hybridized carbons (Fsp3) is 0.500. The number of hydrogen-bond donors (Lipinski definition) is 2. The number of rotatable bonds is 5. The van der Waals surface area contributed by atoms with Gasteiger partial charge in [0, 0.05) is 24.7 Å². The summed E-state index contributed by atoms with van der Waals surface area (Å²) >= 11 is 6.40. The number of benzene rings is 1. The van der Waals surface area contributed by atoms with Gasteiger partial charge >= 0.3 is 0 Å². The van der Waals surface area contributed by atoms with Gasteiger partial charge in [-0.05, 0) is 67.3 Å². The topological polar surface area (TPSA) is 71.1 Å². The largest absolute Gasteiger partial charge is 0.351 e. The SMILES string of the molecule is C.CC(=O)Nc1ccc(-c2ccc(Cl)c(C(=O)NCC34CCCC(CCC3)C4)c2)c(C)n1. The maximum atomic E-state index is 13.1. The highest BCUT2D eigenvalue weighted by Crippen LogP contribution is 2.48. The van der Waals surface area contributed by atoms with Crippen molar-refractivity contribution in [3.05, 3.63) is 46.6 Å².